The van der Waals surface area contributed by atoms with Crippen LogP contribution in [0.15, 0.2) is 24.3 Å². The van der Waals surface area contributed by atoms with Crippen molar-refractivity contribution in [2.75, 3.05) is 26.2 Å². The van der Waals surface area contributed by atoms with Crippen molar-refractivity contribution in [2.45, 2.75) is 38.1 Å². The molecule has 2 aliphatic rings. The van der Waals surface area contributed by atoms with Crippen LogP contribution in [0, 0.1) is 5.82 Å². The van der Waals surface area contributed by atoms with Crippen LogP contribution in [0.2, 0.25) is 0 Å². The number of carbonyl (C=O) groups is 1. The number of amides is 1. The van der Waals surface area contributed by atoms with E-state index >= 15 is 0 Å². The zero-order valence-electron chi connectivity index (χ0n) is 14.2. The Morgan fingerprint density at radius 3 is 2.48 bits per heavy atom. The number of piperidine rings is 1. The Morgan fingerprint density at radius 1 is 1.12 bits per heavy atom. The van der Waals surface area contributed by atoms with E-state index in [2.05, 4.69) is 4.72 Å². The lowest BCUT2D eigenvalue weighted by atomic mass is 10.1. The fourth-order valence-electron chi connectivity index (χ4n) is 3.37. The van der Waals surface area contributed by atoms with Gasteiger partial charge in [0.1, 0.15) is 5.82 Å². The van der Waals surface area contributed by atoms with Gasteiger partial charge in [-0.25, -0.2) is 4.39 Å². The molecule has 3 rings (SSSR count). The van der Waals surface area contributed by atoms with Gasteiger partial charge in [0.2, 0.25) is 5.91 Å². The smallest absolute Gasteiger partial charge is 0.279 e. The van der Waals surface area contributed by atoms with Crippen molar-refractivity contribution < 1.29 is 17.6 Å². The topological polar surface area (TPSA) is 69.7 Å². The highest BCUT2D eigenvalue weighted by molar-refractivity contribution is 7.87. The van der Waals surface area contributed by atoms with E-state index in [0.717, 1.165) is 24.8 Å². The molecule has 0 aliphatic carbocycles. The normalized spacial score (nSPS) is 22.5. The minimum atomic E-state index is -3.52. The molecule has 1 aromatic rings. The maximum Gasteiger partial charge on any atom is 0.279 e. The van der Waals surface area contributed by atoms with Gasteiger partial charge in [-0.05, 0) is 37.0 Å². The van der Waals surface area contributed by atoms with E-state index < -0.39 is 10.2 Å². The molecule has 138 valence electrons. The summed E-state index contributed by atoms with van der Waals surface area (Å²) in [7, 11) is -3.52. The van der Waals surface area contributed by atoms with E-state index in [4.69, 9.17) is 0 Å². The van der Waals surface area contributed by atoms with E-state index in [1.807, 2.05) is 0 Å². The maximum atomic E-state index is 12.9. The zero-order valence-corrected chi connectivity index (χ0v) is 15.0. The van der Waals surface area contributed by atoms with Crippen LogP contribution in [0.25, 0.3) is 0 Å². The molecule has 1 amide bonds. The largest absolute Gasteiger partial charge is 0.341 e. The van der Waals surface area contributed by atoms with Gasteiger partial charge in [0, 0.05) is 38.6 Å². The summed E-state index contributed by atoms with van der Waals surface area (Å²) < 4.78 is 41.9. The van der Waals surface area contributed by atoms with E-state index in [-0.39, 0.29) is 24.2 Å². The number of nitrogens with one attached hydrogen (secondary N) is 1. The molecule has 0 aromatic heterocycles. The van der Waals surface area contributed by atoms with Crippen molar-refractivity contribution in [3.05, 3.63) is 35.6 Å². The van der Waals surface area contributed by atoms with Crippen LogP contribution >= 0.6 is 0 Å². The summed E-state index contributed by atoms with van der Waals surface area (Å²) >= 11 is 0. The van der Waals surface area contributed by atoms with Gasteiger partial charge in [-0.15, -0.1) is 0 Å². The summed E-state index contributed by atoms with van der Waals surface area (Å²) in [5, 5.41) is 0. The van der Waals surface area contributed by atoms with E-state index in [9.17, 15) is 17.6 Å². The van der Waals surface area contributed by atoms with Crippen LogP contribution in [-0.4, -0.2) is 55.8 Å². The van der Waals surface area contributed by atoms with Crippen LogP contribution in [0.5, 0.6) is 0 Å². The SMILES string of the molecule is O=C1C[C@H](NS(=O)(=O)N2CCCCC2)CN1CCc1ccc(F)cc1. The predicted molar refractivity (Wildman–Crippen MR) is 92.6 cm³/mol. The molecule has 0 spiro atoms. The van der Waals surface area contributed by atoms with Crippen molar-refractivity contribution in [3.8, 4) is 0 Å². The van der Waals surface area contributed by atoms with Crippen molar-refractivity contribution in [3.63, 3.8) is 0 Å². The first-order valence-corrected chi connectivity index (χ1v) is 10.2. The van der Waals surface area contributed by atoms with Crippen molar-refractivity contribution in [2.24, 2.45) is 0 Å². The van der Waals surface area contributed by atoms with Gasteiger partial charge in [0.15, 0.2) is 0 Å². The molecule has 6 nitrogen and oxygen atoms in total. The molecule has 0 unspecified atom stereocenters. The van der Waals surface area contributed by atoms with Gasteiger partial charge in [0.25, 0.3) is 10.2 Å². The average Bonchev–Trinajstić information content (AvgIpc) is 2.94. The summed E-state index contributed by atoms with van der Waals surface area (Å²) in [6, 6.07) is 5.82. The molecule has 1 N–H and O–H groups in total. The lowest BCUT2D eigenvalue weighted by Gasteiger charge is -2.27. The molecule has 2 fully saturated rings. The Labute approximate surface area is 148 Å². The summed E-state index contributed by atoms with van der Waals surface area (Å²) in [4.78, 5) is 13.8. The van der Waals surface area contributed by atoms with Crippen LogP contribution in [0.1, 0.15) is 31.2 Å². The molecular weight excluding hydrogens is 345 g/mol. The highest BCUT2D eigenvalue weighted by atomic mass is 32.2. The van der Waals surface area contributed by atoms with E-state index in [1.54, 1.807) is 17.0 Å². The molecule has 0 saturated carbocycles. The molecule has 0 bridgehead atoms. The summed E-state index contributed by atoms with van der Waals surface area (Å²) in [5.74, 6) is -0.332. The minimum absolute atomic E-state index is 0.0477. The third-order valence-electron chi connectivity index (χ3n) is 4.77. The molecule has 8 heteroatoms. The standard InChI is InChI=1S/C17H24FN3O3S/c18-15-6-4-14(5-7-15)8-11-20-13-16(12-17(20)22)19-25(23,24)21-9-2-1-3-10-21/h4-7,16,19H,1-3,8-13H2/t16-/m0/s1. The van der Waals surface area contributed by atoms with Gasteiger partial charge < -0.3 is 4.90 Å². The number of likely N-dealkylation sites (tertiary alicyclic amines) is 1. The van der Waals surface area contributed by atoms with Crippen molar-refractivity contribution in [1.29, 1.82) is 0 Å². The quantitative estimate of drug-likeness (QED) is 0.821. The number of halogens is 1. The first-order valence-electron chi connectivity index (χ1n) is 8.74. The Kier molecular flexibility index (Phi) is 5.71. The summed E-state index contributed by atoms with van der Waals surface area (Å²) in [6.07, 6.45) is 3.64. The second-order valence-corrected chi connectivity index (χ2v) is 8.40. The van der Waals surface area contributed by atoms with E-state index in [1.165, 1.54) is 16.4 Å². The van der Waals surface area contributed by atoms with Crippen LogP contribution < -0.4 is 4.72 Å². The summed E-state index contributed by atoms with van der Waals surface area (Å²) in [6.45, 7) is 1.98. The first kappa shape index (κ1) is 18.3. The van der Waals surface area contributed by atoms with Gasteiger partial charge in [-0.2, -0.15) is 17.4 Å². The molecule has 2 saturated heterocycles. The maximum absolute atomic E-state index is 12.9. The predicted octanol–water partition coefficient (Wildman–Crippen LogP) is 1.29. The number of rotatable bonds is 6. The Morgan fingerprint density at radius 2 is 1.80 bits per heavy atom. The molecule has 2 aliphatic heterocycles. The number of hydrogen-bond donors (Lipinski definition) is 1. The van der Waals surface area contributed by atoms with Crippen molar-refractivity contribution in [1.82, 2.24) is 13.9 Å². The number of benzene rings is 1. The lowest BCUT2D eigenvalue weighted by Crippen LogP contribution is -2.48. The molecule has 25 heavy (non-hydrogen) atoms. The number of carbonyl (C=O) groups excluding carboxylic acids is 1. The second-order valence-electron chi connectivity index (χ2n) is 6.70. The summed E-state index contributed by atoms with van der Waals surface area (Å²) in [5.41, 5.74) is 0.951. The average molecular weight is 369 g/mol. The minimum Gasteiger partial charge on any atom is -0.341 e. The lowest BCUT2D eigenvalue weighted by molar-refractivity contribution is -0.127. The van der Waals surface area contributed by atoms with Gasteiger partial charge >= 0.3 is 0 Å². The van der Waals surface area contributed by atoms with Gasteiger partial charge in [-0.1, -0.05) is 18.6 Å². The zero-order chi connectivity index (χ0) is 17.9. The Hall–Kier alpha value is -1.51. The first-order chi connectivity index (χ1) is 11.9. The van der Waals surface area contributed by atoms with Gasteiger partial charge in [-0.3, -0.25) is 4.79 Å². The molecule has 1 aromatic carbocycles. The third kappa shape index (κ3) is 4.77. The monoisotopic (exact) mass is 369 g/mol. The van der Waals surface area contributed by atoms with Gasteiger partial charge in [0.05, 0.1) is 0 Å². The fourth-order valence-corrected chi connectivity index (χ4v) is 4.84. The Balaban J connectivity index is 1.52. The van der Waals surface area contributed by atoms with Crippen LogP contribution in [0.3, 0.4) is 0 Å². The van der Waals surface area contributed by atoms with Crippen molar-refractivity contribution >= 4 is 16.1 Å². The number of nitrogens with zero attached hydrogens (tertiary/aromatic N) is 2. The fraction of sp³-hybridized carbons (Fsp3) is 0.588. The number of hydrogen-bond acceptors (Lipinski definition) is 3. The highest BCUT2D eigenvalue weighted by Gasteiger charge is 2.34. The van der Waals surface area contributed by atoms with Crippen LogP contribution in [0.4, 0.5) is 4.39 Å². The molecule has 0 radical (unpaired) electrons. The Bertz CT molecular complexity index is 702. The molecule has 1 atom stereocenters. The second kappa shape index (κ2) is 7.80. The molecule has 2 heterocycles. The van der Waals surface area contributed by atoms with E-state index in [0.29, 0.717) is 32.6 Å². The molecular formula is C17H24FN3O3S. The highest BCUT2D eigenvalue weighted by Crippen LogP contribution is 2.17. The third-order valence-corrected chi connectivity index (χ3v) is 6.44. The van der Waals surface area contributed by atoms with Crippen LogP contribution in [-0.2, 0) is 21.4 Å².